The molecule has 3 heterocycles. The van der Waals surface area contributed by atoms with Crippen LogP contribution in [0.15, 0.2) is 12.4 Å². The maximum absolute atomic E-state index is 13.0. The Labute approximate surface area is 167 Å². The highest BCUT2D eigenvalue weighted by atomic mass is 16.5. The van der Waals surface area contributed by atoms with Crippen LogP contribution in [0.2, 0.25) is 0 Å². The molecule has 7 heteroatoms. The summed E-state index contributed by atoms with van der Waals surface area (Å²) in [5.41, 5.74) is 0.185. The Morgan fingerprint density at radius 2 is 1.93 bits per heavy atom. The number of imidazole rings is 1. The van der Waals surface area contributed by atoms with Crippen molar-refractivity contribution in [1.29, 1.82) is 0 Å². The van der Waals surface area contributed by atoms with Gasteiger partial charge in [0.2, 0.25) is 5.91 Å². The molecule has 7 nitrogen and oxygen atoms in total. The van der Waals surface area contributed by atoms with E-state index in [-0.39, 0.29) is 17.2 Å². The lowest BCUT2D eigenvalue weighted by molar-refractivity contribution is -0.135. The number of aryl methyl sites for hydroxylation is 1. The molecule has 1 aromatic heterocycles. The smallest absolute Gasteiger partial charge is 0.289 e. The first-order chi connectivity index (χ1) is 13.6. The number of carbonyl (C=O) groups is 2. The summed E-state index contributed by atoms with van der Waals surface area (Å²) in [6.45, 7) is 4.27. The molecule has 28 heavy (non-hydrogen) atoms. The Hall–Kier alpha value is -1.89. The van der Waals surface area contributed by atoms with Crippen molar-refractivity contribution in [2.75, 3.05) is 39.4 Å². The van der Waals surface area contributed by atoms with E-state index in [1.165, 1.54) is 32.1 Å². The summed E-state index contributed by atoms with van der Waals surface area (Å²) < 4.78 is 7.15. The van der Waals surface area contributed by atoms with Crippen molar-refractivity contribution in [3.63, 3.8) is 0 Å². The zero-order valence-corrected chi connectivity index (χ0v) is 16.9. The number of hydrogen-bond acceptors (Lipinski definition) is 4. The van der Waals surface area contributed by atoms with E-state index in [4.69, 9.17) is 4.74 Å². The Morgan fingerprint density at radius 1 is 1.18 bits per heavy atom. The minimum Gasteiger partial charge on any atom is -0.378 e. The van der Waals surface area contributed by atoms with E-state index in [1.54, 1.807) is 10.8 Å². The van der Waals surface area contributed by atoms with Crippen molar-refractivity contribution >= 4 is 11.8 Å². The van der Waals surface area contributed by atoms with Gasteiger partial charge < -0.3 is 19.1 Å². The number of aromatic nitrogens is 2. The summed E-state index contributed by atoms with van der Waals surface area (Å²) in [6, 6.07) is 0. The van der Waals surface area contributed by atoms with E-state index in [9.17, 15) is 9.59 Å². The van der Waals surface area contributed by atoms with Gasteiger partial charge in [-0.3, -0.25) is 9.59 Å². The number of rotatable bonds is 4. The topological polar surface area (TPSA) is 67.7 Å². The Balaban J connectivity index is 1.44. The standard InChI is InChI=1S/C21H32N4O3/c1-23-10-9-22-19(23)20(27)25-15-17(21(16-25)7-3-2-4-8-21)5-6-18(26)24-11-13-28-14-12-24/h9-10,17H,2-8,11-16H2,1H3. The van der Waals surface area contributed by atoms with Crippen LogP contribution in [0.5, 0.6) is 0 Å². The summed E-state index contributed by atoms with van der Waals surface area (Å²) in [5.74, 6) is 1.18. The average Bonchev–Trinajstić information content (AvgIpc) is 3.30. The molecule has 1 aromatic rings. The highest BCUT2D eigenvalue weighted by molar-refractivity contribution is 5.91. The van der Waals surface area contributed by atoms with Gasteiger partial charge >= 0.3 is 0 Å². The van der Waals surface area contributed by atoms with Gasteiger partial charge in [0, 0.05) is 52.0 Å². The van der Waals surface area contributed by atoms with Crippen molar-refractivity contribution < 1.29 is 14.3 Å². The highest BCUT2D eigenvalue weighted by Gasteiger charge is 2.48. The van der Waals surface area contributed by atoms with Crippen LogP contribution in [0.25, 0.3) is 0 Å². The van der Waals surface area contributed by atoms with Gasteiger partial charge in [0.25, 0.3) is 5.91 Å². The minimum atomic E-state index is 0.0273. The molecule has 2 saturated heterocycles. The lowest BCUT2D eigenvalue weighted by Crippen LogP contribution is -2.41. The second-order valence-electron chi connectivity index (χ2n) is 8.70. The fraction of sp³-hybridized carbons (Fsp3) is 0.762. The second kappa shape index (κ2) is 8.23. The molecule has 0 N–H and O–H groups in total. The molecule has 2 aliphatic heterocycles. The Morgan fingerprint density at radius 3 is 2.61 bits per heavy atom. The molecule has 1 unspecified atom stereocenters. The first-order valence-electron chi connectivity index (χ1n) is 10.7. The quantitative estimate of drug-likeness (QED) is 0.792. The van der Waals surface area contributed by atoms with Gasteiger partial charge in [0.05, 0.1) is 13.2 Å². The second-order valence-corrected chi connectivity index (χ2v) is 8.70. The summed E-state index contributed by atoms with van der Waals surface area (Å²) in [4.78, 5) is 33.9. The van der Waals surface area contributed by atoms with Gasteiger partial charge in [-0.2, -0.15) is 0 Å². The van der Waals surface area contributed by atoms with Crippen LogP contribution in [-0.4, -0.2) is 70.6 Å². The van der Waals surface area contributed by atoms with Crippen LogP contribution >= 0.6 is 0 Å². The van der Waals surface area contributed by atoms with E-state index >= 15 is 0 Å². The van der Waals surface area contributed by atoms with Gasteiger partial charge in [0.15, 0.2) is 5.82 Å². The lowest BCUT2D eigenvalue weighted by Gasteiger charge is -2.38. The molecule has 0 bridgehead atoms. The summed E-state index contributed by atoms with van der Waals surface area (Å²) in [6.07, 6.45) is 11.1. The Kier molecular flexibility index (Phi) is 5.71. The summed E-state index contributed by atoms with van der Waals surface area (Å²) >= 11 is 0. The van der Waals surface area contributed by atoms with Gasteiger partial charge in [-0.25, -0.2) is 4.98 Å². The maximum atomic E-state index is 13.0. The molecule has 2 amide bonds. The van der Waals surface area contributed by atoms with Crippen LogP contribution in [0, 0.1) is 11.3 Å². The van der Waals surface area contributed by atoms with Gasteiger partial charge in [-0.05, 0) is 30.6 Å². The van der Waals surface area contributed by atoms with E-state index in [0.29, 0.717) is 44.5 Å². The number of morpholine rings is 1. The molecule has 1 saturated carbocycles. The van der Waals surface area contributed by atoms with E-state index in [2.05, 4.69) is 4.98 Å². The normalized spacial score (nSPS) is 24.7. The van der Waals surface area contributed by atoms with Crippen LogP contribution in [0.4, 0.5) is 0 Å². The van der Waals surface area contributed by atoms with E-state index in [0.717, 1.165) is 19.5 Å². The first-order valence-corrected chi connectivity index (χ1v) is 10.7. The van der Waals surface area contributed by atoms with Crippen LogP contribution in [0.3, 0.4) is 0 Å². The molecular formula is C21H32N4O3. The summed E-state index contributed by atoms with van der Waals surface area (Å²) in [5, 5.41) is 0. The lowest BCUT2D eigenvalue weighted by atomic mass is 9.66. The van der Waals surface area contributed by atoms with E-state index in [1.807, 2.05) is 23.0 Å². The molecule has 0 radical (unpaired) electrons. The third kappa shape index (κ3) is 3.81. The molecule has 1 spiro atoms. The van der Waals surface area contributed by atoms with Crippen LogP contribution < -0.4 is 0 Å². The monoisotopic (exact) mass is 388 g/mol. The predicted molar refractivity (Wildman–Crippen MR) is 105 cm³/mol. The fourth-order valence-corrected chi connectivity index (χ4v) is 5.39. The average molecular weight is 389 g/mol. The van der Waals surface area contributed by atoms with Gasteiger partial charge in [-0.1, -0.05) is 19.3 Å². The number of ether oxygens (including phenoxy) is 1. The molecule has 0 aromatic carbocycles. The molecule has 3 fully saturated rings. The third-order valence-electron chi connectivity index (χ3n) is 7.03. The molecule has 4 rings (SSSR count). The van der Waals surface area contributed by atoms with Gasteiger partial charge in [-0.15, -0.1) is 0 Å². The van der Waals surface area contributed by atoms with Gasteiger partial charge in [0.1, 0.15) is 0 Å². The van der Waals surface area contributed by atoms with Crippen molar-refractivity contribution in [3.8, 4) is 0 Å². The number of likely N-dealkylation sites (tertiary alicyclic amines) is 1. The number of carbonyl (C=O) groups excluding carboxylic acids is 2. The zero-order valence-electron chi connectivity index (χ0n) is 16.9. The molecular weight excluding hydrogens is 356 g/mol. The summed E-state index contributed by atoms with van der Waals surface area (Å²) in [7, 11) is 1.87. The number of nitrogens with zero attached hydrogens (tertiary/aromatic N) is 4. The van der Waals surface area contributed by atoms with E-state index < -0.39 is 0 Å². The highest BCUT2D eigenvalue weighted by Crippen LogP contribution is 2.49. The SMILES string of the molecule is Cn1ccnc1C(=O)N1CC(CCC(=O)N2CCOCC2)C2(CCCCC2)C1. The van der Waals surface area contributed by atoms with Crippen LogP contribution in [0.1, 0.15) is 55.6 Å². The van der Waals surface area contributed by atoms with Crippen molar-refractivity contribution in [1.82, 2.24) is 19.4 Å². The fourth-order valence-electron chi connectivity index (χ4n) is 5.39. The Bertz CT molecular complexity index is 704. The third-order valence-corrected chi connectivity index (χ3v) is 7.03. The zero-order chi connectivity index (χ0) is 19.6. The maximum Gasteiger partial charge on any atom is 0.289 e. The van der Waals surface area contributed by atoms with Crippen LogP contribution in [-0.2, 0) is 16.6 Å². The largest absolute Gasteiger partial charge is 0.378 e. The van der Waals surface area contributed by atoms with Crippen molar-refractivity contribution in [2.45, 2.75) is 44.9 Å². The predicted octanol–water partition coefficient (Wildman–Crippen LogP) is 2.08. The first kappa shape index (κ1) is 19.4. The number of amides is 2. The minimum absolute atomic E-state index is 0.0273. The molecule has 1 aliphatic carbocycles. The molecule has 1 atom stereocenters. The van der Waals surface area contributed by atoms with Crippen molar-refractivity contribution in [3.05, 3.63) is 18.2 Å². The molecule has 154 valence electrons. The number of hydrogen-bond donors (Lipinski definition) is 0. The van der Waals surface area contributed by atoms with Crippen molar-refractivity contribution in [2.24, 2.45) is 18.4 Å². The molecule has 3 aliphatic rings.